The molecule has 0 bridgehead atoms. The van der Waals surface area contributed by atoms with E-state index >= 15 is 0 Å². The number of hydrogen-bond donors (Lipinski definition) is 1. The zero-order chi connectivity index (χ0) is 10.8. The van der Waals surface area contributed by atoms with Crippen molar-refractivity contribution in [2.75, 3.05) is 32.7 Å². The maximum absolute atomic E-state index is 10.9. The van der Waals surface area contributed by atoms with E-state index in [1.54, 1.807) is 6.92 Å². The molecule has 0 aromatic heterocycles. The highest BCUT2D eigenvalue weighted by atomic mass is 16.1. The first-order valence-electron chi connectivity index (χ1n) is 5.06. The maximum atomic E-state index is 10.9. The van der Waals surface area contributed by atoms with E-state index in [1.165, 1.54) is 0 Å². The maximum Gasteiger partial charge on any atom is 0.143 e. The minimum atomic E-state index is 0.189. The lowest BCUT2D eigenvalue weighted by atomic mass is 10.3. The Morgan fingerprint density at radius 3 is 2.64 bits per heavy atom. The van der Waals surface area contributed by atoms with E-state index < -0.39 is 0 Å². The smallest absolute Gasteiger partial charge is 0.143 e. The number of rotatable bonds is 9. The fourth-order valence-corrected chi connectivity index (χ4v) is 1.30. The molecule has 0 rings (SSSR count). The zero-order valence-corrected chi connectivity index (χ0v) is 9.08. The average molecular weight is 200 g/mol. The highest BCUT2D eigenvalue weighted by Gasteiger charge is 2.05. The molecule has 0 radical (unpaired) electrons. The first kappa shape index (κ1) is 13.3. The number of carbonyl (C=O) groups excluding carboxylic acids is 2. The van der Waals surface area contributed by atoms with Gasteiger partial charge in [0.1, 0.15) is 12.1 Å². The molecule has 0 aliphatic rings. The van der Waals surface area contributed by atoms with Crippen LogP contribution in [0.15, 0.2) is 0 Å². The Kier molecular flexibility index (Phi) is 8.37. The van der Waals surface area contributed by atoms with Crippen molar-refractivity contribution in [1.29, 1.82) is 0 Å². The number of ketones is 1. The van der Waals surface area contributed by atoms with Crippen molar-refractivity contribution in [2.45, 2.75) is 20.3 Å². The summed E-state index contributed by atoms with van der Waals surface area (Å²) >= 11 is 0. The molecule has 0 aliphatic heterocycles. The molecule has 0 saturated heterocycles. The first-order chi connectivity index (χ1) is 6.70. The lowest BCUT2D eigenvalue weighted by Crippen LogP contribution is -2.36. The summed E-state index contributed by atoms with van der Waals surface area (Å²) in [6.45, 7) is 7.10. The summed E-state index contributed by atoms with van der Waals surface area (Å²) in [5.74, 6) is 0.189. The van der Waals surface area contributed by atoms with Crippen LogP contribution in [0.2, 0.25) is 0 Å². The van der Waals surface area contributed by atoms with Crippen LogP contribution in [0.4, 0.5) is 0 Å². The molecule has 0 fully saturated rings. The number of nitrogens with one attached hydrogen (secondary N) is 1. The Morgan fingerprint density at radius 2 is 2.14 bits per heavy atom. The molecule has 14 heavy (non-hydrogen) atoms. The van der Waals surface area contributed by atoms with Gasteiger partial charge in [0.05, 0.1) is 13.1 Å². The van der Waals surface area contributed by atoms with Crippen LogP contribution in [0, 0.1) is 0 Å². The van der Waals surface area contributed by atoms with Gasteiger partial charge in [-0.3, -0.25) is 9.69 Å². The van der Waals surface area contributed by atoms with E-state index in [1.807, 2.05) is 0 Å². The van der Waals surface area contributed by atoms with Crippen molar-refractivity contribution in [3.8, 4) is 0 Å². The Morgan fingerprint density at radius 1 is 1.43 bits per heavy atom. The first-order valence-corrected chi connectivity index (χ1v) is 5.06. The van der Waals surface area contributed by atoms with Gasteiger partial charge in [0.25, 0.3) is 0 Å². The Bertz CT molecular complexity index is 172. The van der Waals surface area contributed by atoms with Gasteiger partial charge in [-0.15, -0.1) is 0 Å². The number of nitrogens with zero attached hydrogens (tertiary/aromatic N) is 1. The third-order valence-electron chi connectivity index (χ3n) is 1.82. The van der Waals surface area contributed by atoms with Crippen LogP contribution in [0.25, 0.3) is 0 Å². The molecule has 82 valence electrons. The molecule has 0 saturated carbocycles. The molecule has 0 heterocycles. The monoisotopic (exact) mass is 200 g/mol. The topological polar surface area (TPSA) is 49.4 Å². The van der Waals surface area contributed by atoms with Crippen molar-refractivity contribution in [3.63, 3.8) is 0 Å². The largest absolute Gasteiger partial charge is 0.309 e. The van der Waals surface area contributed by atoms with E-state index in [9.17, 15) is 9.59 Å². The number of Topliss-reactive ketones (excluding diaryl/α,β-unsaturated/α-hetero) is 1. The van der Waals surface area contributed by atoms with Crippen LogP contribution >= 0.6 is 0 Å². The second kappa shape index (κ2) is 8.84. The molecule has 0 spiro atoms. The van der Waals surface area contributed by atoms with Crippen LogP contribution in [0.1, 0.15) is 20.3 Å². The molecular formula is C10H20N2O2. The van der Waals surface area contributed by atoms with E-state index in [4.69, 9.17) is 0 Å². The fourth-order valence-electron chi connectivity index (χ4n) is 1.30. The summed E-state index contributed by atoms with van der Waals surface area (Å²) in [5, 5.41) is 2.98. The normalized spacial score (nSPS) is 10.5. The lowest BCUT2D eigenvalue weighted by molar-refractivity contribution is -0.118. The van der Waals surface area contributed by atoms with Crippen LogP contribution in [-0.4, -0.2) is 49.7 Å². The minimum absolute atomic E-state index is 0.189. The molecule has 0 aliphatic carbocycles. The summed E-state index contributed by atoms with van der Waals surface area (Å²) in [4.78, 5) is 23.0. The van der Waals surface area contributed by atoms with E-state index in [-0.39, 0.29) is 5.78 Å². The quantitative estimate of drug-likeness (QED) is 0.423. The predicted octanol–water partition coefficient (Wildman–Crippen LogP) is 0.0759. The molecule has 0 unspecified atom stereocenters. The standard InChI is InChI=1S/C10H20N2O2/c1-3-6-12(9-10(2)14)7-4-11-5-8-13/h8,11H,3-7,9H2,1-2H3. The van der Waals surface area contributed by atoms with Gasteiger partial charge < -0.3 is 10.1 Å². The summed E-state index contributed by atoms with van der Waals surface area (Å²) < 4.78 is 0. The third-order valence-corrected chi connectivity index (χ3v) is 1.82. The molecule has 0 atom stereocenters. The van der Waals surface area contributed by atoms with Gasteiger partial charge in [-0.25, -0.2) is 0 Å². The highest BCUT2D eigenvalue weighted by Crippen LogP contribution is 1.90. The minimum Gasteiger partial charge on any atom is -0.309 e. The van der Waals surface area contributed by atoms with Gasteiger partial charge in [-0.05, 0) is 19.9 Å². The van der Waals surface area contributed by atoms with Gasteiger partial charge in [0.15, 0.2) is 0 Å². The van der Waals surface area contributed by atoms with E-state index in [0.29, 0.717) is 13.1 Å². The summed E-state index contributed by atoms with van der Waals surface area (Å²) in [6.07, 6.45) is 1.89. The van der Waals surface area contributed by atoms with Crippen molar-refractivity contribution in [2.24, 2.45) is 0 Å². The second-order valence-corrected chi connectivity index (χ2v) is 3.35. The van der Waals surface area contributed by atoms with Crippen LogP contribution in [0.5, 0.6) is 0 Å². The molecule has 4 nitrogen and oxygen atoms in total. The Labute approximate surface area is 85.7 Å². The lowest BCUT2D eigenvalue weighted by Gasteiger charge is -2.19. The average Bonchev–Trinajstić information content (AvgIpc) is 2.12. The highest BCUT2D eigenvalue weighted by molar-refractivity contribution is 5.77. The SMILES string of the molecule is CCCN(CCNCC=O)CC(C)=O. The Balaban J connectivity index is 3.61. The van der Waals surface area contributed by atoms with Crippen molar-refractivity contribution < 1.29 is 9.59 Å². The van der Waals surface area contributed by atoms with Crippen LogP contribution in [-0.2, 0) is 9.59 Å². The summed E-state index contributed by atoms with van der Waals surface area (Å²) in [5.41, 5.74) is 0. The third kappa shape index (κ3) is 7.89. The Hall–Kier alpha value is -0.740. The molecule has 0 amide bonds. The molecule has 1 N–H and O–H groups in total. The zero-order valence-electron chi connectivity index (χ0n) is 9.08. The van der Waals surface area contributed by atoms with Crippen molar-refractivity contribution in [1.82, 2.24) is 10.2 Å². The van der Waals surface area contributed by atoms with E-state index in [2.05, 4.69) is 17.1 Å². The van der Waals surface area contributed by atoms with Gasteiger partial charge >= 0.3 is 0 Å². The van der Waals surface area contributed by atoms with Gasteiger partial charge in [-0.1, -0.05) is 6.92 Å². The van der Waals surface area contributed by atoms with Crippen LogP contribution in [0.3, 0.4) is 0 Å². The number of hydrogen-bond acceptors (Lipinski definition) is 4. The van der Waals surface area contributed by atoms with Gasteiger partial charge in [-0.2, -0.15) is 0 Å². The number of aldehydes is 1. The fraction of sp³-hybridized carbons (Fsp3) is 0.800. The molecule has 0 aromatic rings. The van der Waals surface area contributed by atoms with E-state index in [0.717, 1.165) is 32.3 Å². The molecular weight excluding hydrogens is 180 g/mol. The van der Waals surface area contributed by atoms with Crippen molar-refractivity contribution >= 4 is 12.1 Å². The van der Waals surface area contributed by atoms with Crippen LogP contribution < -0.4 is 5.32 Å². The molecule has 4 heteroatoms. The van der Waals surface area contributed by atoms with Gasteiger partial charge in [0.2, 0.25) is 0 Å². The second-order valence-electron chi connectivity index (χ2n) is 3.35. The van der Waals surface area contributed by atoms with Crippen molar-refractivity contribution in [3.05, 3.63) is 0 Å². The summed E-state index contributed by atoms with van der Waals surface area (Å²) in [7, 11) is 0. The summed E-state index contributed by atoms with van der Waals surface area (Å²) in [6, 6.07) is 0. The number of carbonyl (C=O) groups is 2. The molecule has 0 aromatic carbocycles. The predicted molar refractivity (Wildman–Crippen MR) is 56.3 cm³/mol. The van der Waals surface area contributed by atoms with Gasteiger partial charge in [0, 0.05) is 13.1 Å².